The molecule has 0 spiro atoms. The molecule has 3 aliphatic heterocycles. The summed E-state index contributed by atoms with van der Waals surface area (Å²) in [7, 11) is 0. The van der Waals surface area contributed by atoms with Gasteiger partial charge in [-0.25, -0.2) is 0 Å². The lowest BCUT2D eigenvalue weighted by atomic mass is 9.31. The van der Waals surface area contributed by atoms with E-state index < -0.39 is 0 Å². The van der Waals surface area contributed by atoms with Crippen LogP contribution < -0.4 is 42.4 Å². The molecule has 8 aromatic rings. The number of para-hydroxylation sites is 2. The zero-order valence-corrected chi connectivity index (χ0v) is 29.6. The van der Waals surface area contributed by atoms with E-state index in [0.717, 1.165) is 17.2 Å². The zero-order chi connectivity index (χ0) is 34.9. The van der Waals surface area contributed by atoms with Gasteiger partial charge in [-0.2, -0.15) is 0 Å². The molecule has 2 nitrogen and oxygen atoms in total. The summed E-state index contributed by atoms with van der Waals surface area (Å²) in [5.41, 5.74) is 16.2. The highest BCUT2D eigenvalue weighted by atomic mass is 32.2. The highest BCUT2D eigenvalue weighted by Gasteiger charge is 2.44. The highest BCUT2D eigenvalue weighted by molar-refractivity contribution is 8.00. The molecule has 5 heteroatoms. The highest BCUT2D eigenvalue weighted by Crippen LogP contribution is 2.43. The lowest BCUT2D eigenvalue weighted by Gasteiger charge is -2.41. The first-order chi connectivity index (χ1) is 26.3. The molecule has 0 unspecified atom stereocenters. The summed E-state index contributed by atoms with van der Waals surface area (Å²) in [5.74, 6) is 1.85. The molecule has 53 heavy (non-hydrogen) atoms. The molecule has 11 rings (SSSR count). The molecule has 0 radical (unpaired) electrons. The van der Waals surface area contributed by atoms with E-state index in [0.29, 0.717) is 0 Å². The lowest BCUT2D eigenvalue weighted by Crippen LogP contribution is -2.62. The van der Waals surface area contributed by atoms with E-state index in [4.69, 9.17) is 4.74 Å². The average Bonchev–Trinajstić information content (AvgIpc) is 3.23. The van der Waals surface area contributed by atoms with Gasteiger partial charge in [-0.15, -0.1) is 0 Å². The van der Waals surface area contributed by atoms with Crippen molar-refractivity contribution in [2.45, 2.75) is 9.79 Å². The fraction of sp³-hybridized carbons (Fsp3) is 0. The molecule has 0 saturated heterocycles. The third-order valence-corrected chi connectivity index (χ3v) is 12.2. The largest absolute Gasteiger partial charge is 0.458 e. The molecule has 0 saturated carbocycles. The standard InChI is InChI=1S/C48H31B2NOS/c1-4-16-32(17-5-1)35-22-14-23-36(33-18-6-2-7-19-33)47(35)50-38-25-11-13-29-45(38)53-46-31-42-39(30-40(46)50)49-37-24-10-12-27-43(37)52-44-28-15-26-41(48(44)49)51(42)34-20-8-3-9-21-34/h1-31H. The number of fused-ring (bicyclic) bond motifs is 6. The van der Waals surface area contributed by atoms with E-state index in [-0.39, 0.29) is 13.4 Å². The third kappa shape index (κ3) is 4.77. The second kappa shape index (κ2) is 12.2. The van der Waals surface area contributed by atoms with E-state index >= 15 is 0 Å². The Balaban J connectivity index is 1.24. The predicted octanol–water partition coefficient (Wildman–Crippen LogP) is 8.41. The molecule has 0 amide bonds. The molecule has 0 aromatic heterocycles. The summed E-state index contributed by atoms with van der Waals surface area (Å²) in [6.07, 6.45) is 0. The number of ether oxygens (including phenoxy) is 1. The summed E-state index contributed by atoms with van der Waals surface area (Å²) in [4.78, 5) is 5.04. The second-order valence-corrected chi connectivity index (χ2v) is 15.0. The summed E-state index contributed by atoms with van der Waals surface area (Å²) < 4.78 is 6.67. The SMILES string of the molecule is c1ccc(-c2cccc(-c3ccccc3)c2B2c3ccccc3Sc3cc4c(cc32)B2c3ccccc3Oc3cccc(c32)N4c2ccccc2)cc1. The fourth-order valence-corrected chi connectivity index (χ4v) is 10.0. The Hall–Kier alpha value is -6.16. The van der Waals surface area contributed by atoms with E-state index in [1.807, 2.05) is 11.8 Å². The van der Waals surface area contributed by atoms with Crippen molar-refractivity contribution in [2.75, 3.05) is 4.90 Å². The summed E-state index contributed by atoms with van der Waals surface area (Å²) in [6, 6.07) is 68.6. The zero-order valence-electron chi connectivity index (χ0n) is 28.8. The third-order valence-electron chi connectivity index (χ3n) is 11.1. The van der Waals surface area contributed by atoms with Crippen LogP contribution in [-0.4, -0.2) is 13.4 Å². The first-order valence-electron chi connectivity index (χ1n) is 18.2. The van der Waals surface area contributed by atoms with Crippen LogP contribution in [0.25, 0.3) is 22.3 Å². The van der Waals surface area contributed by atoms with Crippen LogP contribution in [0.5, 0.6) is 11.5 Å². The van der Waals surface area contributed by atoms with Crippen LogP contribution in [0.15, 0.2) is 198 Å². The molecule has 0 bridgehead atoms. The monoisotopic (exact) mass is 691 g/mol. The molecule has 246 valence electrons. The molecular weight excluding hydrogens is 660 g/mol. The van der Waals surface area contributed by atoms with Crippen LogP contribution >= 0.6 is 11.8 Å². The minimum absolute atomic E-state index is 0.00346. The van der Waals surface area contributed by atoms with Crippen LogP contribution in [0.3, 0.4) is 0 Å². The smallest absolute Gasteiger partial charge is 0.256 e. The number of hydrogen-bond acceptors (Lipinski definition) is 3. The van der Waals surface area contributed by atoms with Gasteiger partial charge in [0, 0.05) is 26.9 Å². The van der Waals surface area contributed by atoms with Crippen LogP contribution in [0, 0.1) is 0 Å². The van der Waals surface area contributed by atoms with Crippen molar-refractivity contribution in [2.24, 2.45) is 0 Å². The lowest BCUT2D eigenvalue weighted by molar-refractivity contribution is 0.487. The molecular formula is C48H31B2NOS. The Morgan fingerprint density at radius 3 is 1.72 bits per heavy atom. The quantitative estimate of drug-likeness (QED) is 0.172. The van der Waals surface area contributed by atoms with Crippen LogP contribution in [-0.2, 0) is 0 Å². The normalized spacial score (nSPS) is 13.2. The van der Waals surface area contributed by atoms with Crippen molar-refractivity contribution in [1.29, 1.82) is 0 Å². The Morgan fingerprint density at radius 1 is 0.396 bits per heavy atom. The van der Waals surface area contributed by atoms with Crippen molar-refractivity contribution >= 4 is 75.0 Å². The van der Waals surface area contributed by atoms with E-state index in [1.165, 1.54) is 76.2 Å². The molecule has 3 aliphatic rings. The Kier molecular flexibility index (Phi) is 7.03. The van der Waals surface area contributed by atoms with Gasteiger partial charge in [0.25, 0.3) is 6.71 Å². The number of nitrogens with zero attached hydrogens (tertiary/aromatic N) is 1. The van der Waals surface area contributed by atoms with Gasteiger partial charge in [0.2, 0.25) is 6.71 Å². The van der Waals surface area contributed by atoms with Crippen molar-refractivity contribution in [3.8, 4) is 33.8 Å². The molecule has 0 N–H and O–H groups in total. The van der Waals surface area contributed by atoms with Gasteiger partial charge in [-0.1, -0.05) is 174 Å². The van der Waals surface area contributed by atoms with Gasteiger partial charge in [0.15, 0.2) is 0 Å². The Labute approximate surface area is 314 Å². The summed E-state index contributed by atoms with van der Waals surface area (Å²) >= 11 is 1.90. The average molecular weight is 691 g/mol. The van der Waals surface area contributed by atoms with E-state index in [9.17, 15) is 0 Å². The van der Waals surface area contributed by atoms with Gasteiger partial charge in [-0.3, -0.25) is 0 Å². The van der Waals surface area contributed by atoms with Gasteiger partial charge >= 0.3 is 0 Å². The minimum Gasteiger partial charge on any atom is -0.458 e. The van der Waals surface area contributed by atoms with Gasteiger partial charge in [0.1, 0.15) is 11.5 Å². The van der Waals surface area contributed by atoms with Gasteiger partial charge in [0.05, 0.1) is 0 Å². The maximum Gasteiger partial charge on any atom is 0.256 e. The van der Waals surface area contributed by atoms with Crippen LogP contribution in [0.1, 0.15) is 0 Å². The fourth-order valence-electron chi connectivity index (χ4n) is 8.87. The van der Waals surface area contributed by atoms with Crippen molar-refractivity contribution in [1.82, 2.24) is 0 Å². The number of hydrogen-bond donors (Lipinski definition) is 0. The van der Waals surface area contributed by atoms with Crippen LogP contribution in [0.4, 0.5) is 17.1 Å². The molecule has 8 aromatic carbocycles. The van der Waals surface area contributed by atoms with E-state index in [2.05, 4.69) is 193 Å². The van der Waals surface area contributed by atoms with Crippen molar-refractivity contribution in [3.05, 3.63) is 188 Å². The number of anilines is 3. The second-order valence-electron chi connectivity index (χ2n) is 14.0. The van der Waals surface area contributed by atoms with Crippen LogP contribution in [0.2, 0.25) is 0 Å². The summed E-state index contributed by atoms with van der Waals surface area (Å²) in [6.45, 7) is 0.0171. The molecule has 3 heterocycles. The summed E-state index contributed by atoms with van der Waals surface area (Å²) in [5, 5.41) is 0. The maximum atomic E-state index is 6.67. The molecule has 0 aliphatic carbocycles. The minimum atomic E-state index is -0.00346. The van der Waals surface area contributed by atoms with E-state index in [1.54, 1.807) is 0 Å². The first kappa shape index (κ1) is 30.5. The van der Waals surface area contributed by atoms with Gasteiger partial charge in [-0.05, 0) is 81.1 Å². The number of benzene rings is 8. The topological polar surface area (TPSA) is 12.5 Å². The maximum absolute atomic E-state index is 6.67. The Bertz CT molecular complexity index is 2640. The number of rotatable bonds is 4. The van der Waals surface area contributed by atoms with Crippen molar-refractivity contribution < 1.29 is 4.74 Å². The molecule has 0 fully saturated rings. The van der Waals surface area contributed by atoms with Gasteiger partial charge < -0.3 is 9.64 Å². The van der Waals surface area contributed by atoms with Crippen molar-refractivity contribution in [3.63, 3.8) is 0 Å². The first-order valence-corrected chi connectivity index (χ1v) is 19.1. The Morgan fingerprint density at radius 2 is 0.981 bits per heavy atom. The predicted molar refractivity (Wildman–Crippen MR) is 225 cm³/mol. The molecule has 0 atom stereocenters.